The van der Waals surface area contributed by atoms with Crippen molar-refractivity contribution in [2.75, 3.05) is 13.6 Å². The average molecular weight is 278 g/mol. The van der Waals surface area contributed by atoms with E-state index in [1.807, 2.05) is 19.3 Å². The SMILES string of the molecule is CNCCC1=C(C(C)c2ccccn2)c2ccccc2C1. The lowest BCUT2D eigenvalue weighted by molar-refractivity contribution is 0.772. The van der Waals surface area contributed by atoms with Gasteiger partial charge in [-0.2, -0.15) is 0 Å². The minimum atomic E-state index is 0.349. The number of benzene rings is 1. The lowest BCUT2D eigenvalue weighted by Gasteiger charge is -2.17. The Bertz CT molecular complexity index is 644. The fourth-order valence-electron chi connectivity index (χ4n) is 3.27. The van der Waals surface area contributed by atoms with Crippen molar-refractivity contribution >= 4 is 5.57 Å². The summed E-state index contributed by atoms with van der Waals surface area (Å²) in [6.45, 7) is 3.31. The van der Waals surface area contributed by atoms with Gasteiger partial charge >= 0.3 is 0 Å². The van der Waals surface area contributed by atoms with E-state index >= 15 is 0 Å². The molecule has 1 aromatic heterocycles. The summed E-state index contributed by atoms with van der Waals surface area (Å²) in [5.41, 5.74) is 7.08. The van der Waals surface area contributed by atoms with Crippen LogP contribution in [0.1, 0.15) is 36.1 Å². The molecule has 108 valence electrons. The molecule has 1 atom stereocenters. The molecule has 1 aromatic carbocycles. The highest BCUT2D eigenvalue weighted by Gasteiger charge is 2.25. The van der Waals surface area contributed by atoms with Crippen LogP contribution in [0, 0.1) is 0 Å². The summed E-state index contributed by atoms with van der Waals surface area (Å²) < 4.78 is 0. The van der Waals surface area contributed by atoms with Crippen LogP contribution in [-0.4, -0.2) is 18.6 Å². The van der Waals surface area contributed by atoms with Crippen LogP contribution in [0.25, 0.3) is 5.57 Å². The van der Waals surface area contributed by atoms with Crippen LogP contribution < -0.4 is 5.32 Å². The van der Waals surface area contributed by atoms with Crippen molar-refractivity contribution in [1.29, 1.82) is 0 Å². The Balaban J connectivity index is 2.01. The molecule has 2 aromatic rings. The molecule has 0 spiro atoms. The molecule has 0 saturated heterocycles. The van der Waals surface area contributed by atoms with Crippen LogP contribution in [0.5, 0.6) is 0 Å². The first-order chi connectivity index (χ1) is 10.3. The molecule has 1 heterocycles. The van der Waals surface area contributed by atoms with Crippen molar-refractivity contribution in [3.8, 4) is 0 Å². The summed E-state index contributed by atoms with van der Waals surface area (Å²) in [6, 6.07) is 15.0. The predicted molar refractivity (Wildman–Crippen MR) is 88.3 cm³/mol. The highest BCUT2D eigenvalue weighted by molar-refractivity contribution is 5.80. The van der Waals surface area contributed by atoms with Crippen LogP contribution in [-0.2, 0) is 6.42 Å². The second kappa shape index (κ2) is 6.23. The van der Waals surface area contributed by atoms with Crippen molar-refractivity contribution in [2.24, 2.45) is 0 Å². The molecule has 0 radical (unpaired) electrons. The lowest BCUT2D eigenvalue weighted by atomic mass is 9.90. The van der Waals surface area contributed by atoms with Gasteiger partial charge in [-0.05, 0) is 55.3 Å². The fraction of sp³-hybridized carbons (Fsp3) is 0.316. The van der Waals surface area contributed by atoms with Gasteiger partial charge in [0.15, 0.2) is 0 Å². The first kappa shape index (κ1) is 14.0. The standard InChI is InChI=1S/C19H22N2/c1-14(18-9-5-6-11-21-18)19-16(10-12-20-2)13-15-7-3-4-8-17(15)19/h3-9,11,14,20H,10,12-13H2,1-2H3. The number of hydrogen-bond acceptors (Lipinski definition) is 2. The van der Waals surface area contributed by atoms with Crippen molar-refractivity contribution in [3.05, 3.63) is 71.1 Å². The monoisotopic (exact) mass is 278 g/mol. The molecule has 0 amide bonds. The summed E-state index contributed by atoms with van der Waals surface area (Å²) >= 11 is 0. The van der Waals surface area contributed by atoms with E-state index in [9.17, 15) is 0 Å². The molecule has 2 nitrogen and oxygen atoms in total. The van der Waals surface area contributed by atoms with Crippen LogP contribution >= 0.6 is 0 Å². The third-order valence-corrected chi connectivity index (χ3v) is 4.33. The van der Waals surface area contributed by atoms with Gasteiger partial charge in [-0.3, -0.25) is 4.98 Å². The Hall–Kier alpha value is -1.93. The van der Waals surface area contributed by atoms with E-state index in [4.69, 9.17) is 0 Å². The lowest BCUT2D eigenvalue weighted by Crippen LogP contribution is -2.09. The maximum Gasteiger partial charge on any atom is 0.0475 e. The van der Waals surface area contributed by atoms with Crippen molar-refractivity contribution in [1.82, 2.24) is 10.3 Å². The van der Waals surface area contributed by atoms with E-state index in [-0.39, 0.29) is 0 Å². The van der Waals surface area contributed by atoms with Crippen molar-refractivity contribution < 1.29 is 0 Å². The zero-order valence-electron chi connectivity index (χ0n) is 12.8. The quantitative estimate of drug-likeness (QED) is 0.899. The minimum absolute atomic E-state index is 0.349. The number of rotatable bonds is 5. The van der Waals surface area contributed by atoms with E-state index in [0.29, 0.717) is 5.92 Å². The van der Waals surface area contributed by atoms with Gasteiger partial charge in [0.25, 0.3) is 0 Å². The summed E-state index contributed by atoms with van der Waals surface area (Å²) in [4.78, 5) is 4.56. The molecular weight excluding hydrogens is 256 g/mol. The molecule has 1 N–H and O–H groups in total. The average Bonchev–Trinajstić information content (AvgIpc) is 2.91. The van der Waals surface area contributed by atoms with Gasteiger partial charge in [-0.15, -0.1) is 0 Å². The number of fused-ring (bicyclic) bond motifs is 1. The van der Waals surface area contributed by atoms with Crippen LogP contribution in [0.3, 0.4) is 0 Å². The molecule has 21 heavy (non-hydrogen) atoms. The van der Waals surface area contributed by atoms with Gasteiger partial charge in [0, 0.05) is 17.8 Å². The molecule has 0 aliphatic heterocycles. The summed E-state index contributed by atoms with van der Waals surface area (Å²) in [5.74, 6) is 0.349. The van der Waals surface area contributed by atoms with Gasteiger partial charge in [0.1, 0.15) is 0 Å². The van der Waals surface area contributed by atoms with E-state index in [2.05, 4.69) is 53.6 Å². The highest BCUT2D eigenvalue weighted by Crippen LogP contribution is 2.42. The van der Waals surface area contributed by atoms with E-state index in [1.54, 1.807) is 5.57 Å². The molecule has 0 saturated carbocycles. The molecule has 3 rings (SSSR count). The second-order valence-corrected chi connectivity index (χ2v) is 5.68. The Labute approximate surface area is 126 Å². The van der Waals surface area contributed by atoms with Gasteiger partial charge in [0.2, 0.25) is 0 Å². The first-order valence-electron chi connectivity index (χ1n) is 7.67. The molecule has 0 bridgehead atoms. The van der Waals surface area contributed by atoms with Crippen molar-refractivity contribution in [2.45, 2.75) is 25.7 Å². The third kappa shape index (κ3) is 2.77. The normalized spacial score (nSPS) is 15.1. The summed E-state index contributed by atoms with van der Waals surface area (Å²) in [5, 5.41) is 3.27. The molecule has 0 fully saturated rings. The zero-order chi connectivity index (χ0) is 14.7. The number of allylic oxidation sites excluding steroid dienone is 1. The summed E-state index contributed by atoms with van der Waals surface area (Å²) in [7, 11) is 2.02. The van der Waals surface area contributed by atoms with E-state index < -0.39 is 0 Å². The number of nitrogens with one attached hydrogen (secondary N) is 1. The molecule has 1 aliphatic rings. The predicted octanol–water partition coefficient (Wildman–Crippen LogP) is 3.80. The Morgan fingerprint density at radius 1 is 1.14 bits per heavy atom. The maximum absolute atomic E-state index is 4.56. The highest BCUT2D eigenvalue weighted by atomic mass is 14.8. The summed E-state index contributed by atoms with van der Waals surface area (Å²) in [6.07, 6.45) is 4.09. The number of nitrogens with zero attached hydrogens (tertiary/aromatic N) is 1. The zero-order valence-corrected chi connectivity index (χ0v) is 12.8. The maximum atomic E-state index is 4.56. The van der Waals surface area contributed by atoms with Gasteiger partial charge in [-0.25, -0.2) is 0 Å². The van der Waals surface area contributed by atoms with Crippen LogP contribution in [0.4, 0.5) is 0 Å². The molecule has 1 unspecified atom stereocenters. The minimum Gasteiger partial charge on any atom is -0.319 e. The smallest absolute Gasteiger partial charge is 0.0475 e. The van der Waals surface area contributed by atoms with E-state index in [1.165, 1.54) is 16.7 Å². The second-order valence-electron chi connectivity index (χ2n) is 5.68. The molecular formula is C19H22N2. The van der Waals surface area contributed by atoms with E-state index in [0.717, 1.165) is 25.1 Å². The van der Waals surface area contributed by atoms with Gasteiger partial charge in [0.05, 0.1) is 0 Å². The topological polar surface area (TPSA) is 24.9 Å². The largest absolute Gasteiger partial charge is 0.319 e. The molecule has 2 heteroatoms. The fourth-order valence-corrected chi connectivity index (χ4v) is 3.27. The van der Waals surface area contributed by atoms with Crippen LogP contribution in [0.15, 0.2) is 54.2 Å². The molecule has 1 aliphatic carbocycles. The Morgan fingerprint density at radius 3 is 2.71 bits per heavy atom. The van der Waals surface area contributed by atoms with Crippen LogP contribution in [0.2, 0.25) is 0 Å². The van der Waals surface area contributed by atoms with Gasteiger partial charge in [-0.1, -0.05) is 42.8 Å². The Kier molecular flexibility index (Phi) is 4.16. The van der Waals surface area contributed by atoms with Crippen molar-refractivity contribution in [3.63, 3.8) is 0 Å². The first-order valence-corrected chi connectivity index (χ1v) is 7.67. The third-order valence-electron chi connectivity index (χ3n) is 4.33. The Morgan fingerprint density at radius 2 is 1.95 bits per heavy atom. The number of hydrogen-bond donors (Lipinski definition) is 1. The number of pyridine rings is 1. The van der Waals surface area contributed by atoms with Gasteiger partial charge < -0.3 is 5.32 Å². The number of aromatic nitrogens is 1.